The van der Waals surface area contributed by atoms with Crippen molar-refractivity contribution in [3.63, 3.8) is 0 Å². The lowest BCUT2D eigenvalue weighted by molar-refractivity contribution is 0.194. The van der Waals surface area contributed by atoms with E-state index in [1.807, 2.05) is 26.0 Å². The highest BCUT2D eigenvalue weighted by molar-refractivity contribution is 5.47. The number of anilines is 1. The summed E-state index contributed by atoms with van der Waals surface area (Å²) in [4.78, 5) is 4.62. The second-order valence-corrected chi connectivity index (χ2v) is 6.22. The average Bonchev–Trinajstić information content (AvgIpc) is 3.04. The third kappa shape index (κ3) is 2.55. The Morgan fingerprint density at radius 1 is 1.26 bits per heavy atom. The highest BCUT2D eigenvalue weighted by Gasteiger charge is 2.31. The molecule has 1 fully saturated rings. The first-order valence-corrected chi connectivity index (χ1v) is 7.75. The maximum atomic E-state index is 4.62. The van der Waals surface area contributed by atoms with Gasteiger partial charge in [0.15, 0.2) is 11.5 Å². The smallest absolute Gasteiger partial charge is 0.178 e. The van der Waals surface area contributed by atoms with E-state index in [-0.39, 0.29) is 0 Å². The summed E-state index contributed by atoms with van der Waals surface area (Å²) in [5.41, 5.74) is 2.97. The van der Waals surface area contributed by atoms with E-state index < -0.39 is 0 Å². The number of rotatable bonds is 4. The fourth-order valence-corrected chi connectivity index (χ4v) is 2.92. The molecule has 0 amide bonds. The van der Waals surface area contributed by atoms with E-state index in [0.717, 1.165) is 48.3 Å². The molecule has 8 heteroatoms. The molecule has 3 aromatic rings. The monoisotopic (exact) mass is 312 g/mol. The van der Waals surface area contributed by atoms with Gasteiger partial charge in [-0.15, -0.1) is 15.3 Å². The zero-order valence-electron chi connectivity index (χ0n) is 13.6. The molecular formula is C15H20N8. The molecule has 1 saturated heterocycles. The van der Waals surface area contributed by atoms with Gasteiger partial charge in [-0.1, -0.05) is 0 Å². The van der Waals surface area contributed by atoms with E-state index in [0.29, 0.717) is 6.04 Å². The number of hydrogen-bond donors (Lipinski definition) is 1. The Labute approximate surface area is 134 Å². The van der Waals surface area contributed by atoms with Crippen molar-refractivity contribution in [3.05, 3.63) is 35.4 Å². The Morgan fingerprint density at radius 3 is 2.83 bits per heavy atom. The van der Waals surface area contributed by atoms with Crippen molar-refractivity contribution in [1.82, 2.24) is 34.9 Å². The van der Waals surface area contributed by atoms with E-state index >= 15 is 0 Å². The van der Waals surface area contributed by atoms with Crippen molar-refractivity contribution < 1.29 is 0 Å². The van der Waals surface area contributed by atoms with Crippen LogP contribution in [0.1, 0.15) is 17.2 Å². The minimum Gasteiger partial charge on any atom is -0.352 e. The molecule has 1 aliphatic rings. The number of fused-ring (bicyclic) bond motifs is 1. The van der Waals surface area contributed by atoms with Crippen molar-refractivity contribution in [2.75, 3.05) is 25.0 Å². The van der Waals surface area contributed by atoms with Crippen LogP contribution in [0.2, 0.25) is 0 Å². The molecule has 1 N–H and O–H groups in total. The molecule has 120 valence electrons. The number of aromatic amines is 1. The van der Waals surface area contributed by atoms with Crippen molar-refractivity contribution in [2.24, 2.45) is 0 Å². The van der Waals surface area contributed by atoms with Gasteiger partial charge in [-0.05, 0) is 39.1 Å². The van der Waals surface area contributed by atoms with Crippen LogP contribution in [0.4, 0.5) is 5.82 Å². The number of H-pyrrole nitrogens is 1. The molecule has 4 rings (SSSR count). The van der Waals surface area contributed by atoms with E-state index in [4.69, 9.17) is 0 Å². The maximum Gasteiger partial charge on any atom is 0.178 e. The molecule has 0 atom stereocenters. The van der Waals surface area contributed by atoms with Crippen LogP contribution >= 0.6 is 0 Å². The lowest BCUT2D eigenvalue weighted by Crippen LogP contribution is -2.58. The van der Waals surface area contributed by atoms with Crippen molar-refractivity contribution in [1.29, 1.82) is 0 Å². The molecule has 0 bridgehead atoms. The number of hydrogen-bond acceptors (Lipinski definition) is 6. The molecule has 0 aromatic carbocycles. The number of aromatic nitrogens is 6. The summed E-state index contributed by atoms with van der Waals surface area (Å²) in [6.45, 7) is 6.74. The van der Waals surface area contributed by atoms with Crippen LogP contribution in [0, 0.1) is 13.8 Å². The first-order chi connectivity index (χ1) is 11.1. The quantitative estimate of drug-likeness (QED) is 0.767. The molecule has 0 radical (unpaired) electrons. The largest absolute Gasteiger partial charge is 0.352 e. The molecule has 8 nitrogen and oxygen atoms in total. The minimum absolute atomic E-state index is 0.520. The van der Waals surface area contributed by atoms with Gasteiger partial charge in [0.1, 0.15) is 5.82 Å². The molecular weight excluding hydrogens is 292 g/mol. The lowest BCUT2D eigenvalue weighted by atomic mass is 10.1. The third-order valence-corrected chi connectivity index (χ3v) is 4.38. The second kappa shape index (κ2) is 5.31. The van der Waals surface area contributed by atoms with Gasteiger partial charge in [0.2, 0.25) is 0 Å². The molecule has 23 heavy (non-hydrogen) atoms. The molecule has 0 unspecified atom stereocenters. The molecule has 0 aliphatic carbocycles. The van der Waals surface area contributed by atoms with Gasteiger partial charge < -0.3 is 4.90 Å². The Kier molecular flexibility index (Phi) is 3.26. The summed E-state index contributed by atoms with van der Waals surface area (Å²) in [6.07, 6.45) is 0. The summed E-state index contributed by atoms with van der Waals surface area (Å²) >= 11 is 0. The second-order valence-electron chi connectivity index (χ2n) is 6.22. The highest BCUT2D eigenvalue weighted by Crippen LogP contribution is 2.22. The summed E-state index contributed by atoms with van der Waals surface area (Å²) in [5.74, 6) is 1.78. The summed E-state index contributed by atoms with van der Waals surface area (Å²) < 4.78 is 1.79. The van der Waals surface area contributed by atoms with E-state index in [9.17, 15) is 0 Å². The van der Waals surface area contributed by atoms with Crippen LogP contribution < -0.4 is 4.90 Å². The molecule has 4 heterocycles. The summed E-state index contributed by atoms with van der Waals surface area (Å²) in [5, 5.41) is 20.0. The fourth-order valence-electron chi connectivity index (χ4n) is 2.92. The summed E-state index contributed by atoms with van der Waals surface area (Å²) in [6, 6.07) is 6.59. The van der Waals surface area contributed by atoms with E-state index in [2.05, 4.69) is 48.4 Å². The van der Waals surface area contributed by atoms with Crippen LogP contribution in [0.25, 0.3) is 5.65 Å². The summed E-state index contributed by atoms with van der Waals surface area (Å²) in [7, 11) is 2.15. The van der Waals surface area contributed by atoms with Gasteiger partial charge in [0.25, 0.3) is 0 Å². The number of nitrogens with zero attached hydrogens (tertiary/aromatic N) is 7. The lowest BCUT2D eigenvalue weighted by Gasteiger charge is -2.44. The number of aryl methyl sites for hydroxylation is 2. The molecule has 3 aromatic heterocycles. The zero-order chi connectivity index (χ0) is 16.0. The van der Waals surface area contributed by atoms with Crippen LogP contribution in [0.15, 0.2) is 18.2 Å². The normalized spacial score (nSPS) is 15.6. The predicted octanol–water partition coefficient (Wildman–Crippen LogP) is 0.785. The van der Waals surface area contributed by atoms with Crippen LogP contribution in [-0.2, 0) is 6.54 Å². The van der Waals surface area contributed by atoms with Crippen molar-refractivity contribution >= 4 is 11.5 Å². The predicted molar refractivity (Wildman–Crippen MR) is 86.3 cm³/mol. The first kappa shape index (κ1) is 14.1. The molecule has 0 saturated carbocycles. The standard InChI is InChI=1S/C15H20N8/c1-10-6-12(18-16-10)7-21(3)13-8-22(9-13)15-5-4-14-19-17-11(2)23(14)20-15/h4-6,13H,7-9H2,1-3H3,(H,16,18). The van der Waals surface area contributed by atoms with Crippen molar-refractivity contribution in [2.45, 2.75) is 26.4 Å². The number of nitrogens with one attached hydrogen (secondary N) is 1. The van der Waals surface area contributed by atoms with Gasteiger partial charge >= 0.3 is 0 Å². The van der Waals surface area contributed by atoms with Gasteiger partial charge in [0, 0.05) is 31.4 Å². The van der Waals surface area contributed by atoms with E-state index in [1.54, 1.807) is 4.52 Å². The van der Waals surface area contributed by atoms with Crippen LogP contribution in [-0.4, -0.2) is 61.1 Å². The highest BCUT2D eigenvalue weighted by atomic mass is 15.4. The Bertz CT molecular complexity index is 829. The van der Waals surface area contributed by atoms with Gasteiger partial charge in [-0.25, -0.2) is 0 Å². The van der Waals surface area contributed by atoms with Crippen LogP contribution in [0.3, 0.4) is 0 Å². The number of likely N-dealkylation sites (N-methyl/N-ethyl adjacent to an activating group) is 1. The maximum absolute atomic E-state index is 4.62. The first-order valence-electron chi connectivity index (χ1n) is 7.75. The van der Waals surface area contributed by atoms with Gasteiger partial charge in [-0.3, -0.25) is 10.00 Å². The molecule has 1 aliphatic heterocycles. The molecule has 0 spiro atoms. The topological polar surface area (TPSA) is 78.2 Å². The SMILES string of the molecule is Cc1cc(CN(C)C2CN(c3ccc4nnc(C)n4n3)C2)n[nH]1. The average molecular weight is 312 g/mol. The van der Waals surface area contributed by atoms with E-state index in [1.165, 1.54) is 0 Å². The minimum atomic E-state index is 0.520. The van der Waals surface area contributed by atoms with Crippen LogP contribution in [0.5, 0.6) is 0 Å². The fraction of sp³-hybridized carbons (Fsp3) is 0.467. The third-order valence-electron chi connectivity index (χ3n) is 4.38. The zero-order valence-corrected chi connectivity index (χ0v) is 13.6. The van der Waals surface area contributed by atoms with Gasteiger partial charge in [-0.2, -0.15) is 9.61 Å². The van der Waals surface area contributed by atoms with Gasteiger partial charge in [0.05, 0.1) is 5.69 Å². The Morgan fingerprint density at radius 2 is 2.09 bits per heavy atom. The Hall–Kier alpha value is -2.48. The van der Waals surface area contributed by atoms with Crippen molar-refractivity contribution in [3.8, 4) is 0 Å². The Balaban J connectivity index is 1.40.